The van der Waals surface area contributed by atoms with Gasteiger partial charge in [-0.15, -0.1) is 0 Å². The van der Waals surface area contributed by atoms with Gasteiger partial charge in [0.25, 0.3) is 0 Å². The minimum Gasteiger partial charge on any atom is -0.423 e. The van der Waals surface area contributed by atoms with E-state index in [1.165, 1.54) is 19.1 Å². The van der Waals surface area contributed by atoms with Gasteiger partial charge in [-0.3, -0.25) is 9.59 Å². The molecule has 0 spiro atoms. The number of esters is 1. The van der Waals surface area contributed by atoms with E-state index >= 15 is 0 Å². The van der Waals surface area contributed by atoms with Gasteiger partial charge in [0.05, 0.1) is 11.1 Å². The van der Waals surface area contributed by atoms with Crippen molar-refractivity contribution in [1.29, 1.82) is 0 Å². The molecule has 202 valence electrons. The van der Waals surface area contributed by atoms with Gasteiger partial charge in [-0.25, -0.2) is 4.79 Å². The number of benzene rings is 3. The fraction of sp³-hybridized carbons (Fsp3) is 0.300. The molecule has 0 saturated carbocycles. The predicted molar refractivity (Wildman–Crippen MR) is 138 cm³/mol. The topological polar surface area (TPSA) is 66.9 Å². The van der Waals surface area contributed by atoms with E-state index in [1.54, 1.807) is 46.2 Å². The molecular formula is C30H27F3N2O4. The average molecular weight is 537 g/mol. The van der Waals surface area contributed by atoms with Crippen molar-refractivity contribution in [2.24, 2.45) is 0 Å². The van der Waals surface area contributed by atoms with E-state index in [2.05, 4.69) is 0 Å². The highest BCUT2D eigenvalue weighted by Crippen LogP contribution is 2.33. The molecule has 0 N–H and O–H groups in total. The molecule has 2 heterocycles. The number of hydrogen-bond acceptors (Lipinski definition) is 4. The molecule has 9 heteroatoms. The Morgan fingerprint density at radius 1 is 0.923 bits per heavy atom. The Kier molecular flexibility index (Phi) is 7.16. The SMILES string of the molecule is CC(=O)N1CCCC1C(=O)N1CCc2cc(OC(=O)c3ccccc3-c3ccc(C(F)(F)F)cc3)ccc2C1. The molecule has 1 unspecified atom stereocenters. The summed E-state index contributed by atoms with van der Waals surface area (Å²) in [6.45, 7) is 3.01. The summed E-state index contributed by atoms with van der Waals surface area (Å²) in [6, 6.07) is 16.1. The summed E-state index contributed by atoms with van der Waals surface area (Å²) in [5.41, 5.74) is 2.33. The third-order valence-electron chi connectivity index (χ3n) is 7.32. The van der Waals surface area contributed by atoms with Crippen molar-refractivity contribution in [1.82, 2.24) is 9.80 Å². The van der Waals surface area contributed by atoms with Crippen LogP contribution in [0, 0.1) is 0 Å². The van der Waals surface area contributed by atoms with Gasteiger partial charge in [-0.1, -0.05) is 36.4 Å². The lowest BCUT2D eigenvalue weighted by atomic mass is 9.98. The van der Waals surface area contributed by atoms with Crippen molar-refractivity contribution in [2.75, 3.05) is 13.1 Å². The second kappa shape index (κ2) is 10.6. The van der Waals surface area contributed by atoms with Crippen molar-refractivity contribution in [2.45, 2.75) is 44.9 Å². The van der Waals surface area contributed by atoms with E-state index in [0.717, 1.165) is 29.7 Å². The van der Waals surface area contributed by atoms with Gasteiger partial charge in [0, 0.05) is 26.6 Å². The van der Waals surface area contributed by atoms with Crippen LogP contribution in [0.2, 0.25) is 0 Å². The van der Waals surface area contributed by atoms with Crippen LogP contribution < -0.4 is 4.74 Å². The van der Waals surface area contributed by atoms with E-state index in [-0.39, 0.29) is 17.4 Å². The first-order valence-electron chi connectivity index (χ1n) is 12.8. The van der Waals surface area contributed by atoms with Crippen LogP contribution in [-0.4, -0.2) is 46.7 Å². The summed E-state index contributed by atoms with van der Waals surface area (Å²) in [7, 11) is 0. The Hall–Kier alpha value is -4.14. The Labute approximate surface area is 224 Å². The van der Waals surface area contributed by atoms with Gasteiger partial charge in [-0.05, 0) is 71.8 Å². The molecule has 6 nitrogen and oxygen atoms in total. The molecule has 0 aliphatic carbocycles. The van der Waals surface area contributed by atoms with E-state index in [0.29, 0.717) is 49.4 Å². The number of ether oxygens (including phenoxy) is 1. The van der Waals surface area contributed by atoms with Crippen molar-refractivity contribution >= 4 is 17.8 Å². The minimum absolute atomic E-state index is 0.0382. The van der Waals surface area contributed by atoms with Crippen LogP contribution in [0.5, 0.6) is 5.75 Å². The Balaban J connectivity index is 1.29. The van der Waals surface area contributed by atoms with Crippen LogP contribution in [-0.2, 0) is 28.7 Å². The van der Waals surface area contributed by atoms with Gasteiger partial charge < -0.3 is 14.5 Å². The fourth-order valence-electron chi connectivity index (χ4n) is 5.31. The van der Waals surface area contributed by atoms with Crippen molar-refractivity contribution < 1.29 is 32.3 Å². The Morgan fingerprint density at radius 2 is 1.67 bits per heavy atom. The van der Waals surface area contributed by atoms with Gasteiger partial charge in [0.15, 0.2) is 0 Å². The van der Waals surface area contributed by atoms with E-state index in [1.807, 2.05) is 6.07 Å². The first-order valence-corrected chi connectivity index (χ1v) is 12.8. The molecule has 0 radical (unpaired) electrons. The maximum absolute atomic E-state index is 13.1. The molecule has 39 heavy (non-hydrogen) atoms. The minimum atomic E-state index is -4.45. The quantitative estimate of drug-likeness (QED) is 0.327. The highest BCUT2D eigenvalue weighted by molar-refractivity contribution is 5.98. The first-order chi connectivity index (χ1) is 18.6. The third kappa shape index (κ3) is 5.53. The van der Waals surface area contributed by atoms with Gasteiger partial charge in [-0.2, -0.15) is 13.2 Å². The van der Waals surface area contributed by atoms with Crippen molar-refractivity contribution in [3.63, 3.8) is 0 Å². The average Bonchev–Trinajstić information content (AvgIpc) is 3.42. The molecule has 1 atom stereocenters. The van der Waals surface area contributed by atoms with Gasteiger partial charge >= 0.3 is 12.1 Å². The molecule has 1 fully saturated rings. The molecule has 1 saturated heterocycles. The van der Waals surface area contributed by atoms with Crippen molar-refractivity contribution in [3.8, 4) is 16.9 Å². The Morgan fingerprint density at radius 3 is 2.38 bits per heavy atom. The van der Waals surface area contributed by atoms with Crippen LogP contribution in [0.15, 0.2) is 66.7 Å². The zero-order valence-electron chi connectivity index (χ0n) is 21.3. The van der Waals surface area contributed by atoms with Crippen LogP contribution >= 0.6 is 0 Å². The van der Waals surface area contributed by atoms with Gasteiger partial charge in [0.1, 0.15) is 11.8 Å². The van der Waals surface area contributed by atoms with E-state index in [4.69, 9.17) is 4.74 Å². The number of halogens is 3. The summed E-state index contributed by atoms with van der Waals surface area (Å²) in [5, 5.41) is 0. The second-order valence-corrected chi connectivity index (χ2v) is 9.82. The summed E-state index contributed by atoms with van der Waals surface area (Å²) < 4.78 is 44.5. The number of hydrogen-bond donors (Lipinski definition) is 0. The molecule has 2 amide bonds. The number of nitrogens with zero attached hydrogens (tertiary/aromatic N) is 2. The lowest BCUT2D eigenvalue weighted by Crippen LogP contribution is -2.48. The van der Waals surface area contributed by atoms with E-state index < -0.39 is 23.8 Å². The standard InChI is InChI=1S/C30H27F3N2O4/c1-19(36)35-15-4-7-27(35)28(37)34-16-14-21-17-24(13-10-22(21)18-34)39-29(38)26-6-3-2-5-25(26)20-8-11-23(12-9-20)30(31,32)33/h2-3,5-6,8-13,17,27H,4,7,14-16,18H2,1H3. The Bertz CT molecular complexity index is 1420. The molecule has 2 aliphatic rings. The molecule has 0 bridgehead atoms. The number of fused-ring (bicyclic) bond motifs is 1. The maximum Gasteiger partial charge on any atom is 0.416 e. The highest BCUT2D eigenvalue weighted by atomic mass is 19.4. The van der Waals surface area contributed by atoms with Crippen LogP contribution in [0.1, 0.15) is 46.8 Å². The maximum atomic E-state index is 13.1. The fourth-order valence-corrected chi connectivity index (χ4v) is 5.31. The molecular weight excluding hydrogens is 509 g/mol. The normalized spacial score (nSPS) is 17.1. The lowest BCUT2D eigenvalue weighted by Gasteiger charge is -2.33. The summed E-state index contributed by atoms with van der Waals surface area (Å²) >= 11 is 0. The zero-order valence-corrected chi connectivity index (χ0v) is 21.3. The van der Waals surface area contributed by atoms with Crippen LogP contribution in [0.3, 0.4) is 0 Å². The summed E-state index contributed by atoms with van der Waals surface area (Å²) in [5.74, 6) is -0.402. The smallest absolute Gasteiger partial charge is 0.416 e. The third-order valence-corrected chi connectivity index (χ3v) is 7.32. The summed E-state index contributed by atoms with van der Waals surface area (Å²) in [4.78, 5) is 41.5. The van der Waals surface area contributed by atoms with E-state index in [9.17, 15) is 27.6 Å². The molecule has 0 aromatic heterocycles. The number of carbonyl (C=O) groups excluding carboxylic acids is 3. The first kappa shape index (κ1) is 26.5. The monoisotopic (exact) mass is 536 g/mol. The number of carbonyl (C=O) groups is 3. The molecule has 5 rings (SSSR count). The number of rotatable bonds is 4. The number of likely N-dealkylation sites (tertiary alicyclic amines) is 1. The largest absolute Gasteiger partial charge is 0.423 e. The molecule has 2 aliphatic heterocycles. The zero-order chi connectivity index (χ0) is 27.7. The van der Waals surface area contributed by atoms with Crippen LogP contribution in [0.25, 0.3) is 11.1 Å². The molecule has 3 aromatic rings. The second-order valence-electron chi connectivity index (χ2n) is 9.82. The molecule has 3 aromatic carbocycles. The number of amides is 2. The predicted octanol–water partition coefficient (Wildman–Crippen LogP) is 5.49. The van der Waals surface area contributed by atoms with Crippen LogP contribution in [0.4, 0.5) is 13.2 Å². The lowest BCUT2D eigenvalue weighted by molar-refractivity contribution is -0.143. The van der Waals surface area contributed by atoms with Crippen molar-refractivity contribution in [3.05, 3.63) is 89.0 Å². The van der Waals surface area contributed by atoms with Gasteiger partial charge in [0.2, 0.25) is 11.8 Å². The highest BCUT2D eigenvalue weighted by Gasteiger charge is 2.36. The summed E-state index contributed by atoms with van der Waals surface area (Å²) in [6.07, 6.45) is -2.37. The number of alkyl halides is 3.